The summed E-state index contributed by atoms with van der Waals surface area (Å²) < 4.78 is 0. The first kappa shape index (κ1) is 16.2. The zero-order valence-corrected chi connectivity index (χ0v) is 15.7. The second-order valence-corrected chi connectivity index (χ2v) is 8.15. The van der Waals surface area contributed by atoms with Gasteiger partial charge >= 0.3 is 0 Å². The Balaban J connectivity index is 1.55. The molecule has 2 atom stereocenters. The second-order valence-electron chi connectivity index (χ2n) is 8.15. The summed E-state index contributed by atoms with van der Waals surface area (Å²) in [5, 5.41) is 0. The van der Waals surface area contributed by atoms with E-state index in [-0.39, 0.29) is 6.04 Å². The quantitative estimate of drug-likeness (QED) is 0.810. The van der Waals surface area contributed by atoms with E-state index in [0.717, 1.165) is 45.2 Å². The highest BCUT2D eigenvalue weighted by Gasteiger charge is 2.44. The van der Waals surface area contributed by atoms with Crippen molar-refractivity contribution < 1.29 is 4.79 Å². The Hall–Kier alpha value is -2.03. The molecule has 5 rings (SSSR count). The highest BCUT2D eigenvalue weighted by atomic mass is 16.2. The van der Waals surface area contributed by atoms with E-state index < -0.39 is 0 Å². The number of hydrogen-bond donors (Lipinski definition) is 0. The molecule has 0 N–H and O–H groups in total. The van der Waals surface area contributed by atoms with Gasteiger partial charge < -0.3 is 9.80 Å². The minimum absolute atomic E-state index is 0.278. The fourth-order valence-electron chi connectivity index (χ4n) is 5.46. The third-order valence-corrected chi connectivity index (χ3v) is 6.80. The molecule has 1 amide bonds. The standard InChI is InChI=1S/C23H28N2O/c1-2-16-8-10-17(11-9-16)20-15-21(24-13-4-7-22(24)26)19-6-3-5-18-12-14-25(20)23(18)19/h6,8-11,20-21H,2-5,7,12-15H2,1H3. The number of piperidine rings is 1. The molecule has 1 aliphatic carbocycles. The van der Waals surface area contributed by atoms with Crippen LogP contribution < -0.4 is 0 Å². The molecule has 2 saturated heterocycles. The van der Waals surface area contributed by atoms with Crippen LogP contribution in [0, 0.1) is 0 Å². The fourth-order valence-corrected chi connectivity index (χ4v) is 5.46. The fraction of sp³-hybridized carbons (Fsp3) is 0.522. The van der Waals surface area contributed by atoms with Crippen LogP contribution in [-0.4, -0.2) is 34.8 Å². The highest BCUT2D eigenvalue weighted by Crippen LogP contribution is 2.49. The van der Waals surface area contributed by atoms with Gasteiger partial charge in [0, 0.05) is 25.2 Å². The molecule has 2 fully saturated rings. The molecule has 136 valence electrons. The van der Waals surface area contributed by atoms with Crippen LogP contribution >= 0.6 is 0 Å². The Bertz CT molecular complexity index is 789. The van der Waals surface area contributed by atoms with Crippen LogP contribution in [0.15, 0.2) is 47.2 Å². The molecule has 0 bridgehead atoms. The second kappa shape index (κ2) is 6.29. The van der Waals surface area contributed by atoms with Gasteiger partial charge in [0.25, 0.3) is 0 Å². The van der Waals surface area contributed by atoms with Gasteiger partial charge in [-0.1, -0.05) is 37.3 Å². The molecule has 0 saturated carbocycles. The molecule has 1 aromatic carbocycles. The number of amides is 1. The van der Waals surface area contributed by atoms with Crippen molar-refractivity contribution >= 4 is 5.91 Å². The smallest absolute Gasteiger partial charge is 0.223 e. The summed E-state index contributed by atoms with van der Waals surface area (Å²) >= 11 is 0. The van der Waals surface area contributed by atoms with Gasteiger partial charge in [-0.2, -0.15) is 0 Å². The van der Waals surface area contributed by atoms with Gasteiger partial charge in [-0.05, 0) is 60.8 Å². The molecule has 3 aliphatic heterocycles. The van der Waals surface area contributed by atoms with Crippen molar-refractivity contribution in [1.82, 2.24) is 9.80 Å². The minimum atomic E-state index is 0.278. The lowest BCUT2D eigenvalue weighted by molar-refractivity contribution is -0.129. The van der Waals surface area contributed by atoms with E-state index >= 15 is 0 Å². The Morgan fingerprint density at radius 3 is 2.58 bits per heavy atom. The van der Waals surface area contributed by atoms with Crippen molar-refractivity contribution in [1.29, 1.82) is 0 Å². The van der Waals surface area contributed by atoms with Crippen LogP contribution in [0.3, 0.4) is 0 Å². The van der Waals surface area contributed by atoms with Crippen molar-refractivity contribution in [2.45, 2.75) is 64.0 Å². The maximum atomic E-state index is 12.5. The third kappa shape index (κ3) is 2.44. The molecule has 3 nitrogen and oxygen atoms in total. The largest absolute Gasteiger partial charge is 0.364 e. The summed E-state index contributed by atoms with van der Waals surface area (Å²) in [6, 6.07) is 9.89. The van der Waals surface area contributed by atoms with Crippen molar-refractivity contribution in [3.8, 4) is 0 Å². The lowest BCUT2D eigenvalue weighted by Crippen LogP contribution is -2.46. The molecule has 1 aromatic rings. The first-order valence-electron chi connectivity index (χ1n) is 10.3. The van der Waals surface area contributed by atoms with E-state index in [2.05, 4.69) is 47.1 Å². The van der Waals surface area contributed by atoms with Crippen molar-refractivity contribution in [3.05, 3.63) is 58.3 Å². The molecule has 0 radical (unpaired) electrons. The molecule has 0 spiro atoms. The van der Waals surface area contributed by atoms with Crippen LogP contribution in [0.5, 0.6) is 0 Å². The van der Waals surface area contributed by atoms with Gasteiger partial charge in [0.15, 0.2) is 0 Å². The zero-order chi connectivity index (χ0) is 17.7. The summed E-state index contributed by atoms with van der Waals surface area (Å²) in [5.74, 6) is 0.357. The summed E-state index contributed by atoms with van der Waals surface area (Å²) in [7, 11) is 0. The number of benzene rings is 1. The normalized spacial score (nSPS) is 27.9. The lowest BCUT2D eigenvalue weighted by Gasteiger charge is -2.46. The summed E-state index contributed by atoms with van der Waals surface area (Å²) in [4.78, 5) is 17.4. The van der Waals surface area contributed by atoms with Gasteiger partial charge in [-0.25, -0.2) is 0 Å². The molecule has 3 heterocycles. The van der Waals surface area contributed by atoms with Crippen LogP contribution in [-0.2, 0) is 11.2 Å². The van der Waals surface area contributed by atoms with Gasteiger partial charge in [-0.3, -0.25) is 4.79 Å². The predicted molar refractivity (Wildman–Crippen MR) is 104 cm³/mol. The molecule has 2 unspecified atom stereocenters. The maximum Gasteiger partial charge on any atom is 0.223 e. The van der Waals surface area contributed by atoms with Gasteiger partial charge in [-0.15, -0.1) is 0 Å². The van der Waals surface area contributed by atoms with E-state index in [1.54, 1.807) is 5.57 Å². The van der Waals surface area contributed by atoms with E-state index in [9.17, 15) is 4.79 Å². The van der Waals surface area contributed by atoms with E-state index in [0.29, 0.717) is 11.9 Å². The Labute approximate surface area is 156 Å². The molecular formula is C23H28N2O. The zero-order valence-electron chi connectivity index (χ0n) is 15.7. The highest BCUT2D eigenvalue weighted by molar-refractivity contribution is 5.79. The molecular weight excluding hydrogens is 320 g/mol. The number of likely N-dealkylation sites (tertiary alicyclic amines) is 1. The maximum absolute atomic E-state index is 12.5. The number of allylic oxidation sites excluding steroid dienone is 1. The van der Waals surface area contributed by atoms with Gasteiger partial charge in [0.05, 0.1) is 12.1 Å². The van der Waals surface area contributed by atoms with Crippen LogP contribution in [0.1, 0.15) is 62.6 Å². The number of hydrogen-bond acceptors (Lipinski definition) is 2. The predicted octanol–water partition coefficient (Wildman–Crippen LogP) is 4.36. The van der Waals surface area contributed by atoms with Crippen molar-refractivity contribution in [2.24, 2.45) is 0 Å². The number of aryl methyl sites for hydroxylation is 1. The van der Waals surface area contributed by atoms with Gasteiger partial charge in [0.2, 0.25) is 5.91 Å². The van der Waals surface area contributed by atoms with Crippen LogP contribution in [0.2, 0.25) is 0 Å². The van der Waals surface area contributed by atoms with E-state index in [4.69, 9.17) is 0 Å². The van der Waals surface area contributed by atoms with Crippen LogP contribution in [0.25, 0.3) is 0 Å². The first-order valence-corrected chi connectivity index (χ1v) is 10.3. The van der Waals surface area contributed by atoms with Gasteiger partial charge in [0.1, 0.15) is 0 Å². The minimum Gasteiger partial charge on any atom is -0.364 e. The third-order valence-electron chi connectivity index (χ3n) is 6.80. The molecule has 3 heteroatoms. The molecule has 0 aromatic heterocycles. The average Bonchev–Trinajstić information content (AvgIpc) is 3.30. The Morgan fingerprint density at radius 1 is 1.00 bits per heavy atom. The van der Waals surface area contributed by atoms with Crippen molar-refractivity contribution in [3.63, 3.8) is 0 Å². The summed E-state index contributed by atoms with van der Waals surface area (Å²) in [6.07, 6.45) is 9.87. The van der Waals surface area contributed by atoms with Crippen LogP contribution in [0.4, 0.5) is 0 Å². The number of rotatable bonds is 3. The Kier molecular flexibility index (Phi) is 3.91. The number of nitrogens with zero attached hydrogens (tertiary/aromatic N) is 2. The topological polar surface area (TPSA) is 23.6 Å². The summed E-state index contributed by atoms with van der Waals surface area (Å²) in [5.41, 5.74) is 7.40. The monoisotopic (exact) mass is 348 g/mol. The average molecular weight is 348 g/mol. The first-order chi connectivity index (χ1) is 12.8. The van der Waals surface area contributed by atoms with E-state index in [1.807, 2.05) is 0 Å². The SMILES string of the molecule is CCc1ccc(C2CC(N3CCCC3=O)C3=CCCC4=C3N2CC4)cc1. The molecule has 26 heavy (non-hydrogen) atoms. The molecule has 4 aliphatic rings. The van der Waals surface area contributed by atoms with E-state index in [1.165, 1.54) is 35.2 Å². The Morgan fingerprint density at radius 2 is 1.85 bits per heavy atom. The lowest BCUT2D eigenvalue weighted by atomic mass is 9.82. The van der Waals surface area contributed by atoms with Crippen molar-refractivity contribution in [2.75, 3.05) is 13.1 Å². The number of carbonyl (C=O) groups excluding carboxylic acids is 1. The number of carbonyl (C=O) groups is 1. The summed E-state index contributed by atoms with van der Waals surface area (Å²) in [6.45, 7) is 4.29.